The Balaban J connectivity index is 1.68. The topological polar surface area (TPSA) is 105 Å². The van der Waals surface area contributed by atoms with Crippen molar-refractivity contribution in [2.45, 2.75) is 19.5 Å². The fourth-order valence-electron chi connectivity index (χ4n) is 3.55. The van der Waals surface area contributed by atoms with Gasteiger partial charge >= 0.3 is 0 Å². The molecule has 0 radical (unpaired) electrons. The van der Waals surface area contributed by atoms with Crippen molar-refractivity contribution < 1.29 is 14.0 Å². The highest BCUT2D eigenvalue weighted by atomic mass is 35.5. The predicted molar refractivity (Wildman–Crippen MR) is 119 cm³/mol. The molecule has 0 unspecified atom stereocenters. The number of anilines is 1. The quantitative estimate of drug-likeness (QED) is 0.655. The van der Waals surface area contributed by atoms with Crippen LogP contribution in [-0.4, -0.2) is 33.0 Å². The lowest BCUT2D eigenvalue weighted by Gasteiger charge is -2.24. The summed E-state index contributed by atoms with van der Waals surface area (Å²) < 4.78 is 16.4. The number of aryl methyl sites for hydroxylation is 1. The van der Waals surface area contributed by atoms with Crippen molar-refractivity contribution in [1.29, 1.82) is 0 Å². The van der Waals surface area contributed by atoms with Crippen molar-refractivity contribution in [3.63, 3.8) is 0 Å². The van der Waals surface area contributed by atoms with E-state index >= 15 is 0 Å². The average Bonchev–Trinajstić information content (AvgIpc) is 2.94. The minimum Gasteiger partial charge on any atom is -0.351 e. The van der Waals surface area contributed by atoms with Gasteiger partial charge in [0.1, 0.15) is 11.6 Å². The first-order valence-corrected chi connectivity index (χ1v) is 10.4. The van der Waals surface area contributed by atoms with Crippen LogP contribution >= 0.6 is 11.6 Å². The number of hydrogen-bond donors (Lipinski definition) is 3. The van der Waals surface area contributed by atoms with E-state index in [1.165, 1.54) is 12.1 Å². The van der Waals surface area contributed by atoms with E-state index in [2.05, 4.69) is 15.7 Å². The molecule has 2 aliphatic rings. The van der Waals surface area contributed by atoms with E-state index in [4.69, 9.17) is 17.3 Å². The number of hydrogen-bond acceptors (Lipinski definition) is 5. The smallest absolute Gasteiger partial charge is 0.258 e. The maximum atomic E-state index is 14.7. The Morgan fingerprint density at radius 2 is 2.16 bits per heavy atom. The van der Waals surface area contributed by atoms with Crippen LogP contribution in [0.4, 0.5) is 10.2 Å². The molecule has 0 spiro atoms. The Morgan fingerprint density at radius 1 is 1.34 bits per heavy atom. The van der Waals surface area contributed by atoms with E-state index in [1.54, 1.807) is 34.0 Å². The molecule has 0 bridgehead atoms. The first-order chi connectivity index (χ1) is 15.4. The fourth-order valence-corrected chi connectivity index (χ4v) is 3.69. The van der Waals surface area contributed by atoms with Crippen LogP contribution in [0.3, 0.4) is 0 Å². The van der Waals surface area contributed by atoms with E-state index in [1.807, 2.05) is 13.1 Å². The molecule has 1 aliphatic carbocycles. The molecule has 166 valence electrons. The second-order valence-corrected chi connectivity index (χ2v) is 7.92. The van der Waals surface area contributed by atoms with Crippen LogP contribution in [-0.2, 0) is 24.9 Å². The Hall–Kier alpha value is -3.43. The first kappa shape index (κ1) is 21.8. The van der Waals surface area contributed by atoms with Gasteiger partial charge in [0, 0.05) is 41.7 Å². The van der Waals surface area contributed by atoms with E-state index < -0.39 is 5.82 Å². The van der Waals surface area contributed by atoms with Gasteiger partial charge in [0.2, 0.25) is 5.91 Å². The zero-order valence-corrected chi connectivity index (χ0v) is 18.1. The number of carbonyl (C=O) groups is 2. The summed E-state index contributed by atoms with van der Waals surface area (Å²) in [5.41, 5.74) is 7.87. The Morgan fingerprint density at radius 3 is 2.91 bits per heavy atom. The summed E-state index contributed by atoms with van der Waals surface area (Å²) in [7, 11) is 1.81. The van der Waals surface area contributed by atoms with Crippen LogP contribution in [0.2, 0.25) is 0 Å². The van der Waals surface area contributed by atoms with Crippen molar-refractivity contribution >= 4 is 29.2 Å². The van der Waals surface area contributed by atoms with Gasteiger partial charge in [0.25, 0.3) is 5.91 Å². The molecule has 0 saturated carbocycles. The van der Waals surface area contributed by atoms with Gasteiger partial charge in [-0.05, 0) is 24.3 Å². The zero-order chi connectivity index (χ0) is 22.8. The second-order valence-electron chi connectivity index (χ2n) is 7.43. The number of allylic oxidation sites excluding steroid dienone is 4. The number of aromatic nitrogens is 2. The van der Waals surface area contributed by atoms with Crippen LogP contribution < -0.4 is 16.4 Å². The van der Waals surface area contributed by atoms with Crippen molar-refractivity contribution in [3.05, 3.63) is 81.6 Å². The molecule has 0 fully saturated rings. The molecule has 1 aromatic heterocycles. The molecule has 4 rings (SSSR count). The van der Waals surface area contributed by atoms with Crippen LogP contribution in [0.5, 0.6) is 0 Å². The first-order valence-electron chi connectivity index (χ1n) is 9.99. The van der Waals surface area contributed by atoms with Gasteiger partial charge in [-0.15, -0.1) is 0 Å². The molecular weight excluding hydrogens is 435 g/mol. The highest BCUT2D eigenvalue weighted by molar-refractivity contribution is 6.29. The van der Waals surface area contributed by atoms with Crippen molar-refractivity contribution in [1.82, 2.24) is 20.0 Å². The van der Waals surface area contributed by atoms with Crippen molar-refractivity contribution in [3.8, 4) is 0 Å². The summed E-state index contributed by atoms with van der Waals surface area (Å²) in [6.45, 7) is 0.0604. The Labute approximate surface area is 189 Å². The van der Waals surface area contributed by atoms with Gasteiger partial charge in [-0.3, -0.25) is 14.3 Å². The van der Waals surface area contributed by atoms with Crippen LogP contribution in [0, 0.1) is 5.82 Å². The zero-order valence-electron chi connectivity index (χ0n) is 17.4. The number of halogens is 2. The van der Waals surface area contributed by atoms with Crippen molar-refractivity contribution in [2.75, 3.05) is 11.9 Å². The number of nitrogens with one attached hydrogen (secondary N) is 2. The number of fused-ring (bicyclic) bond motifs is 2. The number of benzene rings is 1. The van der Waals surface area contributed by atoms with E-state index in [0.29, 0.717) is 22.8 Å². The average molecular weight is 457 g/mol. The molecule has 10 heteroatoms. The molecule has 0 saturated heterocycles. The Bertz CT molecular complexity index is 1180. The predicted octanol–water partition coefficient (Wildman–Crippen LogP) is 2.50. The highest BCUT2D eigenvalue weighted by Crippen LogP contribution is 2.33. The second kappa shape index (κ2) is 8.97. The summed E-state index contributed by atoms with van der Waals surface area (Å²) in [4.78, 5) is 26.4. The normalized spacial score (nSPS) is 15.2. The maximum Gasteiger partial charge on any atom is 0.258 e. The van der Waals surface area contributed by atoms with Gasteiger partial charge < -0.3 is 21.3 Å². The molecule has 4 N–H and O–H groups in total. The highest BCUT2D eigenvalue weighted by Gasteiger charge is 2.29. The summed E-state index contributed by atoms with van der Waals surface area (Å²) in [6.07, 6.45) is 7.64. The lowest BCUT2D eigenvalue weighted by molar-refractivity contribution is -0.119. The van der Waals surface area contributed by atoms with E-state index in [-0.39, 0.29) is 42.6 Å². The number of carbonyl (C=O) groups excluding carboxylic acids is 2. The van der Waals surface area contributed by atoms with Gasteiger partial charge in [-0.2, -0.15) is 5.10 Å². The van der Waals surface area contributed by atoms with Gasteiger partial charge in [0.15, 0.2) is 0 Å². The lowest BCUT2D eigenvalue weighted by atomic mass is 10.1. The SMILES string of the molecule is Cn1ncc2c1NC1=CCC(Cl)=CC=C1N(C(=O)c1ccc(CNC(=O)CN)c(F)c1)C2. The molecule has 8 nitrogen and oxygen atoms in total. The van der Waals surface area contributed by atoms with Crippen LogP contribution in [0.1, 0.15) is 27.9 Å². The fraction of sp³-hybridized carbons (Fsp3) is 0.227. The monoisotopic (exact) mass is 456 g/mol. The summed E-state index contributed by atoms with van der Waals surface area (Å²) in [5.74, 6) is -0.576. The standard InChI is InChI=1S/C22H22ClFN6O2/c1-29-21-15(11-27-29)12-30(19-7-5-16(23)4-6-18(19)28-21)22(32)13-2-3-14(17(24)8-13)10-26-20(31)9-25/h2-3,5-8,11,28H,4,9-10,12,25H2,1H3,(H,26,31). The number of nitrogens with zero attached hydrogens (tertiary/aromatic N) is 3. The molecule has 2 amide bonds. The van der Waals surface area contributed by atoms with Gasteiger partial charge in [-0.1, -0.05) is 23.7 Å². The molecule has 1 aliphatic heterocycles. The molecule has 2 heterocycles. The molecule has 1 aromatic carbocycles. The van der Waals surface area contributed by atoms with Crippen LogP contribution in [0.15, 0.2) is 59.1 Å². The summed E-state index contributed by atoms with van der Waals surface area (Å²) in [6, 6.07) is 4.21. The third-order valence-electron chi connectivity index (χ3n) is 5.29. The molecule has 2 aromatic rings. The number of nitrogens with two attached hydrogens (primary N) is 1. The number of amides is 2. The molecule has 32 heavy (non-hydrogen) atoms. The summed E-state index contributed by atoms with van der Waals surface area (Å²) in [5, 5.41) is 10.8. The van der Waals surface area contributed by atoms with E-state index in [9.17, 15) is 14.0 Å². The molecular formula is C22H22ClFN6O2. The summed E-state index contributed by atoms with van der Waals surface area (Å²) >= 11 is 6.22. The maximum absolute atomic E-state index is 14.7. The van der Waals surface area contributed by atoms with Gasteiger partial charge in [-0.25, -0.2) is 4.39 Å². The molecule has 0 atom stereocenters. The Kier molecular flexibility index (Phi) is 6.11. The van der Waals surface area contributed by atoms with E-state index in [0.717, 1.165) is 11.4 Å². The van der Waals surface area contributed by atoms with Gasteiger partial charge in [0.05, 0.1) is 30.7 Å². The third kappa shape index (κ3) is 4.30. The number of rotatable bonds is 4. The lowest BCUT2D eigenvalue weighted by Crippen LogP contribution is -2.31. The minimum absolute atomic E-state index is 0.00957. The largest absolute Gasteiger partial charge is 0.351 e. The third-order valence-corrected chi connectivity index (χ3v) is 5.57. The van der Waals surface area contributed by atoms with Crippen molar-refractivity contribution in [2.24, 2.45) is 12.8 Å². The van der Waals surface area contributed by atoms with Crippen LogP contribution in [0.25, 0.3) is 0 Å². The minimum atomic E-state index is -0.586.